The molecule has 1 heterocycles. The molecule has 2 rings (SSSR count). The highest BCUT2D eigenvalue weighted by Gasteiger charge is 2.16. The van der Waals surface area contributed by atoms with Crippen LogP contribution in [-0.2, 0) is 32.2 Å². The lowest BCUT2D eigenvalue weighted by molar-refractivity contribution is -0.122. The zero-order valence-electron chi connectivity index (χ0n) is 14.8. The highest BCUT2D eigenvalue weighted by Crippen LogP contribution is 2.07. The summed E-state index contributed by atoms with van der Waals surface area (Å²) < 4.78 is 16.2. The van der Waals surface area contributed by atoms with E-state index in [1.807, 2.05) is 25.1 Å². The molecule has 6 nitrogen and oxygen atoms in total. The Morgan fingerprint density at radius 3 is 2.88 bits per heavy atom. The van der Waals surface area contributed by atoms with Crippen LogP contribution in [0.25, 0.3) is 0 Å². The first-order valence-electron chi connectivity index (χ1n) is 8.59. The molecule has 1 amide bonds. The van der Waals surface area contributed by atoms with Gasteiger partial charge < -0.3 is 24.8 Å². The number of halogens is 1. The van der Waals surface area contributed by atoms with Crippen LogP contribution in [0.1, 0.15) is 24.5 Å². The lowest BCUT2D eigenvalue weighted by atomic mass is 10.1. The van der Waals surface area contributed by atoms with Gasteiger partial charge in [-0.3, -0.25) is 4.79 Å². The first-order chi connectivity index (χ1) is 11.8. The van der Waals surface area contributed by atoms with Crippen molar-refractivity contribution in [3.05, 3.63) is 35.4 Å². The lowest BCUT2D eigenvalue weighted by Crippen LogP contribution is -2.44. The Balaban J connectivity index is 0.00000312. The van der Waals surface area contributed by atoms with E-state index in [9.17, 15) is 4.79 Å². The van der Waals surface area contributed by atoms with E-state index in [0.29, 0.717) is 46.0 Å². The Hall–Kier alpha value is -1.18. The number of benzene rings is 1. The second kappa shape index (κ2) is 13.1. The number of morpholine rings is 1. The van der Waals surface area contributed by atoms with Crippen LogP contribution in [0.5, 0.6) is 0 Å². The van der Waals surface area contributed by atoms with E-state index >= 15 is 0 Å². The summed E-state index contributed by atoms with van der Waals surface area (Å²) >= 11 is 0. The Morgan fingerprint density at radius 2 is 2.12 bits per heavy atom. The van der Waals surface area contributed by atoms with Gasteiger partial charge in [0.2, 0.25) is 5.91 Å². The van der Waals surface area contributed by atoms with Gasteiger partial charge in [-0.2, -0.15) is 0 Å². The van der Waals surface area contributed by atoms with E-state index in [-0.39, 0.29) is 24.4 Å². The zero-order valence-corrected chi connectivity index (χ0v) is 15.6. The van der Waals surface area contributed by atoms with Crippen molar-refractivity contribution in [1.29, 1.82) is 0 Å². The summed E-state index contributed by atoms with van der Waals surface area (Å²) in [5.41, 5.74) is 2.17. The molecule has 1 unspecified atom stereocenters. The second-order valence-corrected chi connectivity index (χ2v) is 5.78. The monoisotopic (exact) mass is 372 g/mol. The molecule has 1 aliphatic heterocycles. The number of amides is 1. The third-order valence-electron chi connectivity index (χ3n) is 3.76. The normalized spacial score (nSPS) is 16.9. The van der Waals surface area contributed by atoms with Gasteiger partial charge in [0.15, 0.2) is 0 Å². The number of carbonyl (C=O) groups is 1. The van der Waals surface area contributed by atoms with E-state index < -0.39 is 0 Å². The molecule has 25 heavy (non-hydrogen) atoms. The van der Waals surface area contributed by atoms with Crippen LogP contribution in [0.15, 0.2) is 24.3 Å². The molecule has 0 aromatic heterocycles. The average molecular weight is 373 g/mol. The van der Waals surface area contributed by atoms with E-state index in [0.717, 1.165) is 24.3 Å². The molecule has 1 aliphatic rings. The molecular formula is C18H29ClN2O4. The molecule has 0 spiro atoms. The first-order valence-corrected chi connectivity index (χ1v) is 8.59. The van der Waals surface area contributed by atoms with Crippen molar-refractivity contribution >= 4 is 18.3 Å². The molecule has 1 saturated heterocycles. The maximum Gasteiger partial charge on any atom is 0.221 e. The van der Waals surface area contributed by atoms with Gasteiger partial charge in [0, 0.05) is 32.2 Å². The first kappa shape index (κ1) is 21.9. The van der Waals surface area contributed by atoms with Crippen LogP contribution in [-0.4, -0.2) is 51.5 Å². The minimum absolute atomic E-state index is 0. The van der Waals surface area contributed by atoms with Gasteiger partial charge in [-0.15, -0.1) is 12.4 Å². The number of carbonyl (C=O) groups excluding carboxylic acids is 1. The largest absolute Gasteiger partial charge is 0.379 e. The predicted molar refractivity (Wildman–Crippen MR) is 98.9 cm³/mol. The third-order valence-corrected chi connectivity index (χ3v) is 3.76. The van der Waals surface area contributed by atoms with Crippen molar-refractivity contribution in [2.45, 2.75) is 32.5 Å². The van der Waals surface area contributed by atoms with Crippen LogP contribution in [0.2, 0.25) is 0 Å². The highest BCUT2D eigenvalue weighted by atomic mass is 35.5. The smallest absolute Gasteiger partial charge is 0.221 e. The standard InChI is InChI=1S/C18H28N2O4.ClH/c1-2-22-8-9-24-13-16-5-3-4-15(10-16)12-20-18(21)11-17-14-23-7-6-19-17;/h3-5,10,17,19H,2,6-9,11-14H2,1H3,(H,20,21);1H. The summed E-state index contributed by atoms with van der Waals surface area (Å²) in [5.74, 6) is 0.0383. The van der Waals surface area contributed by atoms with Crippen LogP contribution >= 0.6 is 12.4 Å². The molecule has 1 atom stereocenters. The summed E-state index contributed by atoms with van der Waals surface area (Å²) in [4.78, 5) is 12.0. The fourth-order valence-electron chi connectivity index (χ4n) is 2.53. The Bertz CT molecular complexity index is 496. The molecule has 142 valence electrons. The highest BCUT2D eigenvalue weighted by molar-refractivity contribution is 5.85. The van der Waals surface area contributed by atoms with E-state index in [1.54, 1.807) is 0 Å². The molecule has 1 fully saturated rings. The Kier molecular flexibility index (Phi) is 11.4. The van der Waals surface area contributed by atoms with Crippen molar-refractivity contribution in [2.24, 2.45) is 0 Å². The van der Waals surface area contributed by atoms with Crippen LogP contribution in [0.4, 0.5) is 0 Å². The molecule has 0 bridgehead atoms. The minimum Gasteiger partial charge on any atom is -0.379 e. The molecule has 1 aromatic carbocycles. The van der Waals surface area contributed by atoms with E-state index in [2.05, 4.69) is 16.7 Å². The van der Waals surface area contributed by atoms with Gasteiger partial charge in [-0.1, -0.05) is 24.3 Å². The summed E-state index contributed by atoms with van der Waals surface area (Å²) in [6.45, 7) is 7.09. The lowest BCUT2D eigenvalue weighted by Gasteiger charge is -2.23. The van der Waals surface area contributed by atoms with Crippen molar-refractivity contribution in [3.63, 3.8) is 0 Å². The van der Waals surface area contributed by atoms with E-state index in [1.165, 1.54) is 0 Å². The van der Waals surface area contributed by atoms with Gasteiger partial charge >= 0.3 is 0 Å². The molecule has 0 radical (unpaired) electrons. The summed E-state index contributed by atoms with van der Waals surface area (Å²) in [6, 6.07) is 8.19. The fourth-order valence-corrected chi connectivity index (χ4v) is 2.53. The maximum absolute atomic E-state index is 12.0. The molecule has 2 N–H and O–H groups in total. The molecule has 1 aromatic rings. The number of hydrogen-bond acceptors (Lipinski definition) is 5. The molecular weight excluding hydrogens is 344 g/mol. The Labute approximate surface area is 156 Å². The second-order valence-electron chi connectivity index (χ2n) is 5.78. The number of rotatable bonds is 10. The minimum atomic E-state index is 0. The topological polar surface area (TPSA) is 68.8 Å². The molecule has 0 aliphatic carbocycles. The van der Waals surface area contributed by atoms with Crippen LogP contribution in [0, 0.1) is 0 Å². The fraction of sp³-hybridized carbons (Fsp3) is 0.611. The van der Waals surface area contributed by atoms with Gasteiger partial charge in [0.1, 0.15) is 0 Å². The SMILES string of the molecule is CCOCCOCc1cccc(CNC(=O)CC2COCCN2)c1.Cl. The van der Waals surface area contributed by atoms with Gasteiger partial charge in [-0.05, 0) is 18.1 Å². The van der Waals surface area contributed by atoms with Gasteiger partial charge in [-0.25, -0.2) is 0 Å². The maximum atomic E-state index is 12.0. The number of ether oxygens (including phenoxy) is 3. The predicted octanol–water partition coefficient (Wildman–Crippen LogP) is 1.66. The number of hydrogen-bond donors (Lipinski definition) is 2. The average Bonchev–Trinajstić information content (AvgIpc) is 2.61. The Morgan fingerprint density at radius 1 is 1.32 bits per heavy atom. The van der Waals surface area contributed by atoms with Gasteiger partial charge in [0.25, 0.3) is 0 Å². The third kappa shape index (κ3) is 9.18. The summed E-state index contributed by atoms with van der Waals surface area (Å²) in [7, 11) is 0. The summed E-state index contributed by atoms with van der Waals surface area (Å²) in [5, 5.41) is 6.24. The van der Waals surface area contributed by atoms with E-state index in [4.69, 9.17) is 14.2 Å². The van der Waals surface area contributed by atoms with Crippen molar-refractivity contribution in [2.75, 3.05) is 39.6 Å². The van der Waals surface area contributed by atoms with Gasteiger partial charge in [0.05, 0.1) is 33.0 Å². The van der Waals surface area contributed by atoms with Crippen molar-refractivity contribution in [3.8, 4) is 0 Å². The van der Waals surface area contributed by atoms with Crippen molar-refractivity contribution < 1.29 is 19.0 Å². The molecule has 7 heteroatoms. The zero-order chi connectivity index (χ0) is 17.0. The van der Waals surface area contributed by atoms with Crippen molar-refractivity contribution in [1.82, 2.24) is 10.6 Å². The van der Waals surface area contributed by atoms with Crippen LogP contribution < -0.4 is 10.6 Å². The molecule has 0 saturated carbocycles. The quantitative estimate of drug-likeness (QED) is 0.611. The van der Waals surface area contributed by atoms with Crippen LogP contribution in [0.3, 0.4) is 0 Å². The summed E-state index contributed by atoms with van der Waals surface area (Å²) in [6.07, 6.45) is 0.445. The number of nitrogens with one attached hydrogen (secondary N) is 2.